The number of para-hydroxylation sites is 1. The molecule has 0 bridgehead atoms. The molecule has 1 heterocycles. The highest BCUT2D eigenvalue weighted by molar-refractivity contribution is 5.96. The van der Waals surface area contributed by atoms with Gasteiger partial charge in [-0.05, 0) is 29.8 Å². The van der Waals surface area contributed by atoms with Crippen molar-refractivity contribution in [2.45, 2.75) is 19.3 Å². The fourth-order valence-electron chi connectivity index (χ4n) is 3.31. The van der Waals surface area contributed by atoms with E-state index in [2.05, 4.69) is 19.9 Å². The lowest BCUT2D eigenvalue weighted by atomic mass is 9.83. The fourth-order valence-corrected chi connectivity index (χ4v) is 3.31. The Balaban J connectivity index is 1.72. The van der Waals surface area contributed by atoms with E-state index in [1.807, 2.05) is 30.1 Å². The molecule has 0 amide bonds. The second kappa shape index (κ2) is 6.67. The Labute approximate surface area is 152 Å². The molecule has 0 radical (unpaired) electrons. The highest BCUT2D eigenvalue weighted by Crippen LogP contribution is 2.46. The van der Waals surface area contributed by atoms with Crippen LogP contribution < -0.4 is 4.90 Å². The minimum Gasteiger partial charge on any atom is -0.508 e. The van der Waals surface area contributed by atoms with Gasteiger partial charge in [-0.2, -0.15) is 0 Å². The number of nitrogens with zero attached hydrogens (tertiary/aromatic N) is 1. The number of aromatic hydroxyl groups is 1. The van der Waals surface area contributed by atoms with Crippen LogP contribution in [-0.2, 0) is 14.9 Å². The number of carbonyl (C=O) groups is 2. The Kier molecular flexibility index (Phi) is 4.55. The summed E-state index contributed by atoms with van der Waals surface area (Å²) in [6.45, 7) is 3.78. The van der Waals surface area contributed by atoms with Gasteiger partial charge in [0.1, 0.15) is 5.75 Å². The average Bonchev–Trinajstić information content (AvgIpc) is 2.81. The number of benzene rings is 2. The zero-order chi connectivity index (χ0) is 18.9. The third kappa shape index (κ3) is 3.20. The monoisotopic (exact) mass is 351 g/mol. The Morgan fingerprint density at radius 2 is 1.88 bits per heavy atom. The lowest BCUT2D eigenvalue weighted by Crippen LogP contribution is -2.25. The van der Waals surface area contributed by atoms with E-state index in [0.717, 1.165) is 16.9 Å². The van der Waals surface area contributed by atoms with Crippen molar-refractivity contribution in [3.63, 3.8) is 0 Å². The summed E-state index contributed by atoms with van der Waals surface area (Å²) < 4.78 is 5.07. The predicted molar refractivity (Wildman–Crippen MR) is 99.4 cm³/mol. The molecule has 1 aliphatic heterocycles. The number of phenols is 1. The highest BCUT2D eigenvalue weighted by atomic mass is 16.5. The van der Waals surface area contributed by atoms with Crippen LogP contribution in [-0.4, -0.2) is 30.5 Å². The van der Waals surface area contributed by atoms with E-state index in [9.17, 15) is 14.7 Å². The van der Waals surface area contributed by atoms with Crippen LogP contribution in [0.25, 0.3) is 0 Å². The standard InChI is InChI=1S/C21H21NO4/c1-21(2)17-9-4-5-10-18(17)22(3)19(21)12-16(24)13-26-20(25)14-7-6-8-15(23)11-14/h4-12,23H,13H2,1-3H3/b19-12+. The second-order valence-corrected chi connectivity index (χ2v) is 6.82. The summed E-state index contributed by atoms with van der Waals surface area (Å²) in [6, 6.07) is 13.9. The molecular weight excluding hydrogens is 330 g/mol. The van der Waals surface area contributed by atoms with Crippen LogP contribution in [0.4, 0.5) is 5.69 Å². The molecule has 0 aromatic heterocycles. The summed E-state index contributed by atoms with van der Waals surface area (Å²) in [7, 11) is 1.92. The molecule has 3 rings (SSSR count). The van der Waals surface area contributed by atoms with Crippen molar-refractivity contribution in [1.29, 1.82) is 0 Å². The van der Waals surface area contributed by atoms with Crippen molar-refractivity contribution in [3.8, 4) is 5.75 Å². The molecule has 0 spiro atoms. The molecule has 0 aliphatic carbocycles. The van der Waals surface area contributed by atoms with Crippen molar-refractivity contribution >= 4 is 17.4 Å². The predicted octanol–water partition coefficient (Wildman–Crippen LogP) is 3.43. The largest absolute Gasteiger partial charge is 0.508 e. The quantitative estimate of drug-likeness (QED) is 0.675. The molecule has 1 aliphatic rings. The van der Waals surface area contributed by atoms with E-state index in [-0.39, 0.29) is 29.1 Å². The number of ether oxygens (including phenoxy) is 1. The first-order valence-corrected chi connectivity index (χ1v) is 8.35. The number of fused-ring (bicyclic) bond motifs is 1. The first-order chi connectivity index (χ1) is 12.3. The number of ketones is 1. The van der Waals surface area contributed by atoms with Gasteiger partial charge in [0.05, 0.1) is 5.56 Å². The van der Waals surface area contributed by atoms with Crippen LogP contribution in [0.15, 0.2) is 60.3 Å². The van der Waals surface area contributed by atoms with Crippen molar-refractivity contribution < 1.29 is 19.4 Å². The van der Waals surface area contributed by atoms with Gasteiger partial charge in [0.25, 0.3) is 0 Å². The second-order valence-electron chi connectivity index (χ2n) is 6.82. The normalized spacial score (nSPS) is 16.4. The number of likely N-dealkylation sites (N-methyl/N-ethyl adjacent to an activating group) is 1. The van der Waals surface area contributed by atoms with Crippen LogP contribution in [0.3, 0.4) is 0 Å². The highest BCUT2D eigenvalue weighted by Gasteiger charge is 2.38. The minimum atomic E-state index is -0.644. The smallest absolute Gasteiger partial charge is 0.338 e. The maximum absolute atomic E-state index is 12.4. The average molecular weight is 351 g/mol. The molecule has 0 saturated carbocycles. The van der Waals surface area contributed by atoms with Crippen LogP contribution in [0, 0.1) is 0 Å². The van der Waals surface area contributed by atoms with E-state index in [1.165, 1.54) is 24.3 Å². The van der Waals surface area contributed by atoms with E-state index in [1.54, 1.807) is 6.07 Å². The van der Waals surface area contributed by atoms with E-state index in [0.29, 0.717) is 0 Å². The molecule has 0 unspecified atom stereocenters. The first kappa shape index (κ1) is 17.7. The van der Waals surface area contributed by atoms with E-state index < -0.39 is 5.97 Å². The van der Waals surface area contributed by atoms with E-state index in [4.69, 9.17) is 4.74 Å². The summed E-state index contributed by atoms with van der Waals surface area (Å²) in [5.41, 5.74) is 2.97. The molecular formula is C21H21NO4. The Morgan fingerprint density at radius 3 is 2.58 bits per heavy atom. The SMILES string of the molecule is CN1/C(=C/C(=O)COC(=O)c2cccc(O)c2)C(C)(C)c2ccccc21. The van der Waals surface area contributed by atoms with Gasteiger partial charge in [-0.3, -0.25) is 4.79 Å². The Morgan fingerprint density at radius 1 is 1.15 bits per heavy atom. The molecule has 0 fully saturated rings. The summed E-state index contributed by atoms with van der Waals surface area (Å²) in [5.74, 6) is -0.962. The number of anilines is 1. The van der Waals surface area contributed by atoms with Gasteiger partial charge in [-0.15, -0.1) is 0 Å². The number of phenolic OH excluding ortho intramolecular Hbond substituents is 1. The third-order valence-corrected chi connectivity index (χ3v) is 4.67. The molecule has 26 heavy (non-hydrogen) atoms. The van der Waals surface area contributed by atoms with Gasteiger partial charge in [0.2, 0.25) is 0 Å². The maximum Gasteiger partial charge on any atom is 0.338 e. The van der Waals surface area contributed by atoms with Gasteiger partial charge < -0.3 is 14.7 Å². The molecule has 5 heteroatoms. The van der Waals surface area contributed by atoms with Crippen LogP contribution in [0.1, 0.15) is 29.8 Å². The number of carbonyl (C=O) groups excluding carboxylic acids is 2. The molecule has 1 N–H and O–H groups in total. The Bertz CT molecular complexity index is 898. The molecule has 0 saturated heterocycles. The summed E-state index contributed by atoms with van der Waals surface area (Å²) >= 11 is 0. The van der Waals surface area contributed by atoms with Gasteiger partial charge in [0.15, 0.2) is 12.4 Å². The molecule has 2 aromatic rings. The maximum atomic E-state index is 12.4. The van der Waals surface area contributed by atoms with E-state index >= 15 is 0 Å². The summed E-state index contributed by atoms with van der Waals surface area (Å²) in [4.78, 5) is 26.3. The molecule has 0 atom stereocenters. The van der Waals surface area contributed by atoms with Crippen LogP contribution >= 0.6 is 0 Å². The summed E-state index contributed by atoms with van der Waals surface area (Å²) in [6.07, 6.45) is 1.54. The van der Waals surface area contributed by atoms with Crippen molar-refractivity contribution in [2.75, 3.05) is 18.6 Å². The number of esters is 1. The lowest BCUT2D eigenvalue weighted by Gasteiger charge is -2.23. The van der Waals surface area contributed by atoms with Gasteiger partial charge in [0, 0.05) is 29.9 Å². The Hall–Kier alpha value is -3.08. The first-order valence-electron chi connectivity index (χ1n) is 8.35. The zero-order valence-electron chi connectivity index (χ0n) is 15.0. The van der Waals surface area contributed by atoms with Crippen molar-refractivity contribution in [1.82, 2.24) is 0 Å². The van der Waals surface area contributed by atoms with Crippen LogP contribution in [0.5, 0.6) is 5.75 Å². The number of allylic oxidation sites excluding steroid dienone is 1. The third-order valence-electron chi connectivity index (χ3n) is 4.67. The topological polar surface area (TPSA) is 66.8 Å². The van der Waals surface area contributed by atoms with Gasteiger partial charge >= 0.3 is 5.97 Å². The minimum absolute atomic E-state index is 0.0278. The fraction of sp³-hybridized carbons (Fsp3) is 0.238. The molecule has 134 valence electrons. The lowest BCUT2D eigenvalue weighted by molar-refractivity contribution is -0.117. The number of hydrogen-bond acceptors (Lipinski definition) is 5. The van der Waals surface area contributed by atoms with Crippen molar-refractivity contribution in [2.24, 2.45) is 0 Å². The number of rotatable bonds is 4. The van der Waals surface area contributed by atoms with Crippen molar-refractivity contribution in [3.05, 3.63) is 71.4 Å². The van der Waals surface area contributed by atoms with Gasteiger partial charge in [-0.25, -0.2) is 4.79 Å². The number of hydrogen-bond donors (Lipinski definition) is 1. The molecule has 5 nitrogen and oxygen atoms in total. The summed E-state index contributed by atoms with van der Waals surface area (Å²) in [5, 5.41) is 9.41. The van der Waals surface area contributed by atoms with Gasteiger partial charge in [-0.1, -0.05) is 38.1 Å². The van der Waals surface area contributed by atoms with Crippen LogP contribution in [0.2, 0.25) is 0 Å². The molecule has 2 aromatic carbocycles. The zero-order valence-corrected chi connectivity index (χ0v) is 15.0.